The van der Waals surface area contributed by atoms with Gasteiger partial charge in [-0.25, -0.2) is 4.39 Å². The zero-order valence-corrected chi connectivity index (χ0v) is 13.6. The molecule has 1 aliphatic rings. The molecule has 0 unspecified atom stereocenters. The first-order valence-electron chi connectivity index (χ1n) is 7.57. The van der Waals surface area contributed by atoms with E-state index < -0.39 is 29.0 Å². The van der Waals surface area contributed by atoms with Gasteiger partial charge in [-0.15, -0.1) is 0 Å². The highest BCUT2D eigenvalue weighted by molar-refractivity contribution is 6.29. The number of pyridine rings is 1. The number of halogens is 5. The van der Waals surface area contributed by atoms with E-state index in [1.165, 1.54) is 6.07 Å². The molecular formula is C17H13ClF4N2O. The number of hydrogen-bond acceptors (Lipinski definition) is 1. The van der Waals surface area contributed by atoms with E-state index in [4.69, 9.17) is 11.6 Å². The Morgan fingerprint density at radius 3 is 2.52 bits per heavy atom. The lowest BCUT2D eigenvalue weighted by atomic mass is 10.1. The Morgan fingerprint density at radius 1 is 1.20 bits per heavy atom. The predicted octanol–water partition coefficient (Wildman–Crippen LogP) is 4.45. The van der Waals surface area contributed by atoms with Crippen LogP contribution in [0.5, 0.6) is 0 Å². The standard InChI is InChI=1S/C17H13ClF4N2O/c18-13-5-2-6-14(24(13)9-10-7-8-10)23-16(25)11-3-1-4-12(15(11)19)17(20,21)22/h1-6,10H,7-9H2. The lowest BCUT2D eigenvalue weighted by Crippen LogP contribution is -2.24. The molecule has 1 fully saturated rings. The third kappa shape index (κ3) is 3.92. The summed E-state index contributed by atoms with van der Waals surface area (Å²) in [5.74, 6) is -2.28. The first-order valence-corrected chi connectivity index (χ1v) is 7.95. The Hall–Kier alpha value is -2.15. The quantitative estimate of drug-likeness (QED) is 0.579. The first-order chi connectivity index (χ1) is 11.8. The van der Waals surface area contributed by atoms with Crippen LogP contribution in [0.3, 0.4) is 0 Å². The second-order valence-electron chi connectivity index (χ2n) is 5.84. The fourth-order valence-electron chi connectivity index (χ4n) is 2.42. The number of nitrogens with zero attached hydrogens (tertiary/aromatic N) is 2. The summed E-state index contributed by atoms with van der Waals surface area (Å²) in [6.45, 7) is 0.552. The average molecular weight is 373 g/mol. The van der Waals surface area contributed by atoms with E-state index in [1.54, 1.807) is 16.7 Å². The molecule has 132 valence electrons. The van der Waals surface area contributed by atoms with Gasteiger partial charge in [-0.3, -0.25) is 4.79 Å². The SMILES string of the molecule is O=C(N=c1cccc(Cl)n1CC1CC1)c1cccc(C(F)(F)F)c1F. The molecule has 0 N–H and O–H groups in total. The lowest BCUT2D eigenvalue weighted by molar-refractivity contribution is -0.140. The number of hydrogen-bond donors (Lipinski definition) is 0. The smallest absolute Gasteiger partial charge is 0.316 e. The molecule has 0 bridgehead atoms. The average Bonchev–Trinajstić information content (AvgIpc) is 3.33. The molecule has 0 aliphatic heterocycles. The minimum absolute atomic E-state index is 0.182. The Bertz CT molecular complexity index is 885. The van der Waals surface area contributed by atoms with Crippen molar-refractivity contribution in [2.75, 3.05) is 0 Å². The number of benzene rings is 1. The maximum atomic E-state index is 14.1. The summed E-state index contributed by atoms with van der Waals surface area (Å²) >= 11 is 6.12. The number of aromatic nitrogens is 1. The fraction of sp³-hybridized carbons (Fsp3) is 0.294. The number of amides is 1. The van der Waals surface area contributed by atoms with E-state index in [9.17, 15) is 22.4 Å². The van der Waals surface area contributed by atoms with Gasteiger partial charge in [0.25, 0.3) is 5.91 Å². The van der Waals surface area contributed by atoms with Gasteiger partial charge in [0.05, 0.1) is 11.1 Å². The highest BCUT2D eigenvalue weighted by Crippen LogP contribution is 2.33. The second-order valence-corrected chi connectivity index (χ2v) is 6.23. The van der Waals surface area contributed by atoms with Crippen molar-refractivity contribution in [1.29, 1.82) is 0 Å². The topological polar surface area (TPSA) is 34.4 Å². The van der Waals surface area contributed by atoms with Gasteiger partial charge in [-0.2, -0.15) is 18.2 Å². The van der Waals surface area contributed by atoms with E-state index in [0.717, 1.165) is 25.0 Å². The van der Waals surface area contributed by atoms with E-state index in [-0.39, 0.29) is 5.49 Å². The van der Waals surface area contributed by atoms with Gasteiger partial charge in [0, 0.05) is 6.54 Å². The van der Waals surface area contributed by atoms with Crippen LogP contribution >= 0.6 is 11.6 Å². The van der Waals surface area contributed by atoms with E-state index in [2.05, 4.69) is 4.99 Å². The van der Waals surface area contributed by atoms with Crippen LogP contribution in [-0.2, 0) is 12.7 Å². The summed E-state index contributed by atoms with van der Waals surface area (Å²) in [4.78, 5) is 16.0. The summed E-state index contributed by atoms with van der Waals surface area (Å²) in [7, 11) is 0. The molecule has 1 aliphatic carbocycles. The molecule has 25 heavy (non-hydrogen) atoms. The molecule has 0 spiro atoms. The molecule has 2 aromatic rings. The van der Waals surface area contributed by atoms with Crippen LogP contribution in [0.15, 0.2) is 41.4 Å². The van der Waals surface area contributed by atoms with Gasteiger partial charge in [0.15, 0.2) is 0 Å². The summed E-state index contributed by atoms with van der Waals surface area (Å²) in [6.07, 6.45) is -2.82. The van der Waals surface area contributed by atoms with Crippen LogP contribution in [0.1, 0.15) is 28.8 Å². The third-order valence-electron chi connectivity index (χ3n) is 3.90. The van der Waals surface area contributed by atoms with Crippen molar-refractivity contribution in [2.45, 2.75) is 25.6 Å². The van der Waals surface area contributed by atoms with Gasteiger partial charge in [-0.05, 0) is 43.0 Å². The van der Waals surface area contributed by atoms with Crippen molar-refractivity contribution in [3.05, 3.63) is 64.0 Å². The van der Waals surface area contributed by atoms with Crippen molar-refractivity contribution in [1.82, 2.24) is 4.57 Å². The summed E-state index contributed by atoms with van der Waals surface area (Å²) in [5.41, 5.74) is -2.04. The van der Waals surface area contributed by atoms with Crippen LogP contribution < -0.4 is 5.49 Å². The molecule has 1 heterocycles. The largest absolute Gasteiger partial charge is 0.419 e. The van der Waals surface area contributed by atoms with E-state index in [1.807, 2.05) is 0 Å². The lowest BCUT2D eigenvalue weighted by Gasteiger charge is -2.10. The molecule has 3 nitrogen and oxygen atoms in total. The number of carbonyl (C=O) groups excluding carboxylic acids is 1. The molecule has 0 atom stereocenters. The van der Waals surface area contributed by atoms with Crippen molar-refractivity contribution >= 4 is 17.5 Å². The maximum absolute atomic E-state index is 14.1. The molecule has 1 aromatic carbocycles. The molecule has 0 radical (unpaired) electrons. The number of alkyl halides is 3. The van der Waals surface area contributed by atoms with Gasteiger partial charge in [-0.1, -0.05) is 23.7 Å². The molecular weight excluding hydrogens is 360 g/mol. The van der Waals surface area contributed by atoms with Crippen molar-refractivity contribution in [2.24, 2.45) is 10.9 Å². The summed E-state index contributed by atoms with van der Waals surface area (Å²) < 4.78 is 54.0. The third-order valence-corrected chi connectivity index (χ3v) is 4.23. The van der Waals surface area contributed by atoms with E-state index in [0.29, 0.717) is 23.7 Å². The Balaban J connectivity index is 2.03. The minimum atomic E-state index is -4.89. The zero-order chi connectivity index (χ0) is 18.2. The summed E-state index contributed by atoms with van der Waals surface area (Å²) in [6, 6.07) is 7.24. The molecule has 8 heteroatoms. The fourth-order valence-corrected chi connectivity index (χ4v) is 2.65. The van der Waals surface area contributed by atoms with E-state index >= 15 is 0 Å². The van der Waals surface area contributed by atoms with Crippen molar-refractivity contribution in [3.63, 3.8) is 0 Å². The van der Waals surface area contributed by atoms with Gasteiger partial charge in [0.2, 0.25) is 0 Å². The normalized spacial score (nSPS) is 15.5. The molecule has 0 saturated heterocycles. The van der Waals surface area contributed by atoms with Crippen LogP contribution in [0.4, 0.5) is 17.6 Å². The molecule has 1 saturated carbocycles. The molecule has 3 rings (SSSR count). The Kier molecular flexibility index (Phi) is 4.69. The van der Waals surface area contributed by atoms with Crippen LogP contribution in [-0.4, -0.2) is 10.5 Å². The zero-order valence-electron chi connectivity index (χ0n) is 12.9. The first kappa shape index (κ1) is 17.7. The van der Waals surface area contributed by atoms with Crippen LogP contribution in [0.2, 0.25) is 5.15 Å². The Labute approximate surface area is 145 Å². The minimum Gasteiger partial charge on any atom is -0.316 e. The van der Waals surface area contributed by atoms with Gasteiger partial charge < -0.3 is 4.57 Å². The molecule has 1 amide bonds. The maximum Gasteiger partial charge on any atom is 0.419 e. The van der Waals surface area contributed by atoms with Crippen LogP contribution in [0, 0.1) is 11.7 Å². The van der Waals surface area contributed by atoms with Crippen LogP contribution in [0.25, 0.3) is 0 Å². The summed E-state index contributed by atoms with van der Waals surface area (Å²) in [5, 5.41) is 0.352. The number of rotatable bonds is 3. The van der Waals surface area contributed by atoms with Crippen molar-refractivity contribution in [3.8, 4) is 0 Å². The Morgan fingerprint density at radius 2 is 1.88 bits per heavy atom. The van der Waals surface area contributed by atoms with Gasteiger partial charge in [0.1, 0.15) is 16.5 Å². The highest BCUT2D eigenvalue weighted by Gasteiger charge is 2.35. The molecule has 1 aromatic heterocycles. The number of carbonyl (C=O) groups is 1. The van der Waals surface area contributed by atoms with Crippen molar-refractivity contribution < 1.29 is 22.4 Å². The second kappa shape index (κ2) is 6.63. The van der Waals surface area contributed by atoms with Gasteiger partial charge >= 0.3 is 6.18 Å². The predicted molar refractivity (Wildman–Crippen MR) is 83.5 cm³/mol. The monoisotopic (exact) mass is 372 g/mol. The highest BCUT2D eigenvalue weighted by atomic mass is 35.5.